The molecule has 1 aromatic heterocycles. The monoisotopic (exact) mass is 333 g/mol. The molecular weight excluding hydrogens is 310 g/mol. The van der Waals surface area contributed by atoms with E-state index in [0.29, 0.717) is 23.6 Å². The fourth-order valence-corrected chi connectivity index (χ4v) is 4.57. The molecule has 0 aliphatic heterocycles. The molecule has 0 aliphatic carbocycles. The minimum Gasteiger partial charge on any atom is -0.481 e. The lowest BCUT2D eigenvalue weighted by molar-refractivity contribution is -0.137. The molecular formula is C14H23NO4S2. The normalized spacial score (nSPS) is 13.2. The molecule has 0 bridgehead atoms. The molecule has 0 aromatic carbocycles. The van der Waals surface area contributed by atoms with Gasteiger partial charge in [0.05, 0.1) is 0 Å². The van der Waals surface area contributed by atoms with Crippen LogP contribution < -0.4 is 4.72 Å². The van der Waals surface area contributed by atoms with Crippen LogP contribution in [0.25, 0.3) is 0 Å². The van der Waals surface area contributed by atoms with Gasteiger partial charge < -0.3 is 5.11 Å². The summed E-state index contributed by atoms with van der Waals surface area (Å²) >= 11 is 1.25. The Morgan fingerprint density at radius 3 is 2.57 bits per heavy atom. The van der Waals surface area contributed by atoms with Gasteiger partial charge in [0.15, 0.2) is 0 Å². The minimum atomic E-state index is -3.43. The van der Waals surface area contributed by atoms with Gasteiger partial charge in [0.2, 0.25) is 10.0 Å². The zero-order valence-electron chi connectivity index (χ0n) is 12.5. The molecule has 1 unspecified atom stereocenters. The molecule has 0 saturated carbocycles. The number of hydrogen-bond acceptors (Lipinski definition) is 4. The maximum Gasteiger partial charge on any atom is 0.303 e. The fraction of sp³-hybridized carbons (Fsp3) is 0.643. The Hall–Kier alpha value is -0.920. The Balaban J connectivity index is 2.47. The Kier molecular flexibility index (Phi) is 7.34. The van der Waals surface area contributed by atoms with Crippen LogP contribution in [0.1, 0.15) is 43.9 Å². The molecule has 2 N–H and O–H groups in total. The van der Waals surface area contributed by atoms with Gasteiger partial charge in [-0.3, -0.25) is 4.79 Å². The summed E-state index contributed by atoms with van der Waals surface area (Å²) in [6.07, 6.45) is 3.31. The van der Waals surface area contributed by atoms with Crippen molar-refractivity contribution in [2.24, 2.45) is 5.92 Å². The highest BCUT2D eigenvalue weighted by Gasteiger charge is 2.17. The lowest BCUT2D eigenvalue weighted by Gasteiger charge is -2.15. The van der Waals surface area contributed by atoms with Gasteiger partial charge in [0.1, 0.15) is 4.21 Å². The van der Waals surface area contributed by atoms with Crippen molar-refractivity contribution in [3.05, 3.63) is 17.0 Å². The fourth-order valence-electron chi connectivity index (χ4n) is 2.19. The van der Waals surface area contributed by atoms with Crippen LogP contribution in [0, 0.1) is 12.8 Å². The van der Waals surface area contributed by atoms with Gasteiger partial charge in [-0.2, -0.15) is 0 Å². The van der Waals surface area contributed by atoms with E-state index in [-0.39, 0.29) is 12.3 Å². The molecule has 0 radical (unpaired) electrons. The first-order valence-electron chi connectivity index (χ1n) is 7.13. The summed E-state index contributed by atoms with van der Waals surface area (Å²) in [4.78, 5) is 11.6. The maximum absolute atomic E-state index is 12.1. The largest absolute Gasteiger partial charge is 0.481 e. The average Bonchev–Trinajstić information content (AvgIpc) is 2.83. The number of carboxylic acids is 1. The lowest BCUT2D eigenvalue weighted by atomic mass is 9.95. The minimum absolute atomic E-state index is 0.140. The molecule has 0 aliphatic rings. The van der Waals surface area contributed by atoms with Gasteiger partial charge in [-0.05, 0) is 37.8 Å². The number of hydrogen-bond donors (Lipinski definition) is 2. The Morgan fingerprint density at radius 2 is 2.05 bits per heavy atom. The SMILES string of the molecule is CCCC(CCNS(=O)(=O)c1ccc(C)s1)CCC(=O)O. The summed E-state index contributed by atoms with van der Waals surface area (Å²) in [6, 6.07) is 3.39. The first-order chi connectivity index (χ1) is 9.85. The number of nitrogens with one attached hydrogen (secondary N) is 1. The second-order valence-electron chi connectivity index (χ2n) is 5.14. The Labute approximate surface area is 130 Å². The van der Waals surface area contributed by atoms with Crippen LogP contribution >= 0.6 is 11.3 Å². The summed E-state index contributed by atoms with van der Waals surface area (Å²) in [6.45, 7) is 4.27. The first kappa shape index (κ1) is 18.1. The maximum atomic E-state index is 12.1. The van der Waals surface area contributed by atoms with Crippen LogP contribution in [0.3, 0.4) is 0 Å². The van der Waals surface area contributed by atoms with Crippen LogP contribution in [0.15, 0.2) is 16.3 Å². The zero-order chi connectivity index (χ0) is 15.9. The number of sulfonamides is 1. The van der Waals surface area contributed by atoms with Crippen LogP contribution in [-0.2, 0) is 14.8 Å². The first-order valence-corrected chi connectivity index (χ1v) is 9.43. The van der Waals surface area contributed by atoms with E-state index in [0.717, 1.165) is 17.7 Å². The molecule has 1 rings (SSSR count). The highest BCUT2D eigenvalue weighted by atomic mass is 32.2. The predicted molar refractivity (Wildman–Crippen MR) is 84.1 cm³/mol. The topological polar surface area (TPSA) is 83.5 Å². The molecule has 7 heteroatoms. The van der Waals surface area contributed by atoms with E-state index in [1.807, 2.05) is 13.8 Å². The molecule has 0 saturated heterocycles. The quantitative estimate of drug-likeness (QED) is 0.689. The van der Waals surface area contributed by atoms with Crippen molar-refractivity contribution >= 4 is 27.3 Å². The Bertz CT molecular complexity index is 551. The van der Waals surface area contributed by atoms with E-state index >= 15 is 0 Å². The Morgan fingerprint density at radius 1 is 1.33 bits per heavy atom. The highest BCUT2D eigenvalue weighted by Crippen LogP contribution is 2.21. The lowest BCUT2D eigenvalue weighted by Crippen LogP contribution is -2.25. The van der Waals surface area contributed by atoms with E-state index in [2.05, 4.69) is 4.72 Å². The van der Waals surface area contributed by atoms with E-state index < -0.39 is 16.0 Å². The summed E-state index contributed by atoms with van der Waals surface area (Å²) in [7, 11) is -3.43. The van der Waals surface area contributed by atoms with Gasteiger partial charge in [0, 0.05) is 17.8 Å². The molecule has 21 heavy (non-hydrogen) atoms. The summed E-state index contributed by atoms with van der Waals surface area (Å²) in [5.74, 6) is -0.551. The van der Waals surface area contributed by atoms with E-state index in [1.165, 1.54) is 11.3 Å². The number of carbonyl (C=O) groups is 1. The average molecular weight is 333 g/mol. The summed E-state index contributed by atoms with van der Waals surface area (Å²) in [5, 5.41) is 8.73. The number of aliphatic carboxylic acids is 1. The number of thiophene rings is 1. The summed E-state index contributed by atoms with van der Waals surface area (Å²) < 4.78 is 27.0. The molecule has 1 heterocycles. The van der Waals surface area contributed by atoms with Crippen LogP contribution in [0.5, 0.6) is 0 Å². The van der Waals surface area contributed by atoms with E-state index in [9.17, 15) is 13.2 Å². The van der Waals surface area contributed by atoms with Gasteiger partial charge in [-0.25, -0.2) is 13.1 Å². The van der Waals surface area contributed by atoms with Gasteiger partial charge in [0.25, 0.3) is 0 Å². The van der Waals surface area contributed by atoms with Crippen molar-refractivity contribution in [2.45, 2.75) is 50.2 Å². The summed E-state index contributed by atoms with van der Waals surface area (Å²) in [5.41, 5.74) is 0. The second-order valence-corrected chi connectivity index (χ2v) is 8.42. The van der Waals surface area contributed by atoms with Crippen molar-refractivity contribution < 1.29 is 18.3 Å². The number of aryl methyl sites for hydroxylation is 1. The molecule has 0 amide bonds. The van der Waals surface area contributed by atoms with Crippen molar-refractivity contribution in [1.29, 1.82) is 0 Å². The van der Waals surface area contributed by atoms with Crippen molar-refractivity contribution in [2.75, 3.05) is 6.54 Å². The standard InChI is InChI=1S/C14H23NO4S2/c1-3-4-12(6-7-13(16)17)9-10-15-21(18,19)14-8-5-11(2)20-14/h5,8,12,15H,3-4,6-7,9-10H2,1-2H3,(H,16,17). The zero-order valence-corrected chi connectivity index (χ0v) is 14.1. The van der Waals surface area contributed by atoms with Gasteiger partial charge >= 0.3 is 5.97 Å². The van der Waals surface area contributed by atoms with Crippen molar-refractivity contribution in [3.63, 3.8) is 0 Å². The van der Waals surface area contributed by atoms with Crippen LogP contribution in [-0.4, -0.2) is 26.0 Å². The number of carboxylic acid groups (broad SMARTS) is 1. The molecule has 120 valence electrons. The smallest absolute Gasteiger partial charge is 0.303 e. The van der Waals surface area contributed by atoms with Gasteiger partial charge in [-0.15, -0.1) is 11.3 Å². The molecule has 1 aromatic rings. The molecule has 5 nitrogen and oxygen atoms in total. The number of rotatable bonds is 10. The second kappa shape index (κ2) is 8.51. The van der Waals surface area contributed by atoms with Crippen LogP contribution in [0.2, 0.25) is 0 Å². The predicted octanol–water partition coefficient (Wildman–Crippen LogP) is 3.01. The molecule has 1 atom stereocenters. The third-order valence-corrected chi connectivity index (χ3v) is 6.24. The third kappa shape index (κ3) is 6.58. The molecule has 0 spiro atoms. The molecule has 0 fully saturated rings. The van der Waals surface area contributed by atoms with Crippen molar-refractivity contribution in [3.8, 4) is 0 Å². The van der Waals surface area contributed by atoms with E-state index in [4.69, 9.17) is 5.11 Å². The van der Waals surface area contributed by atoms with Gasteiger partial charge in [-0.1, -0.05) is 19.8 Å². The third-order valence-electron chi connectivity index (χ3n) is 3.29. The van der Waals surface area contributed by atoms with Crippen molar-refractivity contribution in [1.82, 2.24) is 4.72 Å². The highest BCUT2D eigenvalue weighted by molar-refractivity contribution is 7.91. The van der Waals surface area contributed by atoms with Crippen LogP contribution in [0.4, 0.5) is 0 Å². The van der Waals surface area contributed by atoms with E-state index in [1.54, 1.807) is 12.1 Å².